The summed E-state index contributed by atoms with van der Waals surface area (Å²) in [6.45, 7) is 2.34. The maximum atomic E-state index is 12.3. The normalized spacial score (nSPS) is 11.6. The molecule has 0 aliphatic rings. The van der Waals surface area contributed by atoms with Gasteiger partial charge in [0.1, 0.15) is 0 Å². The number of amides is 1. The van der Waals surface area contributed by atoms with Gasteiger partial charge in [-0.2, -0.15) is 0 Å². The number of hydrogen-bond acceptors (Lipinski definition) is 3. The number of para-hydroxylation sites is 2. The molecule has 0 saturated heterocycles. The number of hydrogen-bond donors (Lipinski definition) is 1. The third-order valence-electron chi connectivity index (χ3n) is 3.38. The second-order valence-electron chi connectivity index (χ2n) is 5.01. The van der Waals surface area contributed by atoms with Gasteiger partial charge in [-0.05, 0) is 36.2 Å². The summed E-state index contributed by atoms with van der Waals surface area (Å²) in [6, 6.07) is 14.6. The number of rotatable bonds is 7. The number of nitrogens with one attached hydrogen (secondary N) is 1. The number of methoxy groups -OCH3 is 1. The quantitative estimate of drug-likeness (QED) is 0.837. The first-order chi connectivity index (χ1) is 11.1. The Morgan fingerprint density at radius 2 is 1.78 bits per heavy atom. The predicted octanol–water partition coefficient (Wildman–Crippen LogP) is 3.82. The van der Waals surface area contributed by atoms with Gasteiger partial charge >= 0.3 is 0 Å². The highest BCUT2D eigenvalue weighted by molar-refractivity contribution is 6.30. The third kappa shape index (κ3) is 4.89. The highest BCUT2D eigenvalue weighted by Gasteiger charge is 2.19. The van der Waals surface area contributed by atoms with Gasteiger partial charge in [-0.3, -0.25) is 4.79 Å². The zero-order chi connectivity index (χ0) is 16.7. The van der Waals surface area contributed by atoms with Crippen molar-refractivity contribution in [3.8, 4) is 11.5 Å². The molecule has 0 unspecified atom stereocenters. The molecular weight excluding hydrogens is 314 g/mol. The minimum atomic E-state index is -0.571. The van der Waals surface area contributed by atoms with E-state index < -0.39 is 6.10 Å². The number of benzene rings is 2. The van der Waals surface area contributed by atoms with Crippen LogP contribution in [0.3, 0.4) is 0 Å². The summed E-state index contributed by atoms with van der Waals surface area (Å²) in [6.07, 6.45) is -0.0107. The summed E-state index contributed by atoms with van der Waals surface area (Å²) >= 11 is 5.85. The summed E-state index contributed by atoms with van der Waals surface area (Å²) in [5, 5.41) is 3.55. The molecule has 23 heavy (non-hydrogen) atoms. The Morgan fingerprint density at radius 3 is 2.39 bits per heavy atom. The zero-order valence-electron chi connectivity index (χ0n) is 13.2. The number of carbonyl (C=O) groups is 1. The van der Waals surface area contributed by atoms with E-state index in [-0.39, 0.29) is 5.91 Å². The topological polar surface area (TPSA) is 47.6 Å². The maximum Gasteiger partial charge on any atom is 0.261 e. The summed E-state index contributed by atoms with van der Waals surface area (Å²) in [4.78, 5) is 12.3. The van der Waals surface area contributed by atoms with Gasteiger partial charge in [0, 0.05) is 11.6 Å². The van der Waals surface area contributed by atoms with E-state index in [4.69, 9.17) is 21.1 Å². The first-order valence-electron chi connectivity index (χ1n) is 7.46. The SMILES string of the molecule is CC[C@H](Oc1ccccc1OC)C(=O)NCc1ccc(Cl)cc1. The predicted molar refractivity (Wildman–Crippen MR) is 91.0 cm³/mol. The molecule has 0 bridgehead atoms. The van der Waals surface area contributed by atoms with Crippen LogP contribution in [-0.2, 0) is 11.3 Å². The highest BCUT2D eigenvalue weighted by Crippen LogP contribution is 2.27. The molecule has 0 aliphatic heterocycles. The number of halogens is 1. The molecule has 1 N–H and O–H groups in total. The summed E-state index contributed by atoms with van der Waals surface area (Å²) in [5.74, 6) is 1.01. The van der Waals surface area contributed by atoms with Crippen LogP contribution in [0, 0.1) is 0 Å². The van der Waals surface area contributed by atoms with Crippen LogP contribution >= 0.6 is 11.6 Å². The summed E-state index contributed by atoms with van der Waals surface area (Å²) in [7, 11) is 1.57. The second-order valence-corrected chi connectivity index (χ2v) is 5.45. The molecule has 1 atom stereocenters. The first kappa shape index (κ1) is 17.2. The van der Waals surface area contributed by atoms with Gasteiger partial charge in [-0.15, -0.1) is 0 Å². The Morgan fingerprint density at radius 1 is 1.13 bits per heavy atom. The molecule has 0 saturated carbocycles. The van der Waals surface area contributed by atoms with Crippen molar-refractivity contribution >= 4 is 17.5 Å². The molecule has 122 valence electrons. The van der Waals surface area contributed by atoms with E-state index in [0.29, 0.717) is 29.5 Å². The minimum absolute atomic E-state index is 0.159. The average Bonchev–Trinajstić information content (AvgIpc) is 2.59. The lowest BCUT2D eigenvalue weighted by Crippen LogP contribution is -2.37. The van der Waals surface area contributed by atoms with Crippen LogP contribution in [0.1, 0.15) is 18.9 Å². The van der Waals surface area contributed by atoms with Crippen molar-refractivity contribution in [3.63, 3.8) is 0 Å². The molecule has 0 aliphatic carbocycles. The van der Waals surface area contributed by atoms with E-state index in [9.17, 15) is 4.79 Å². The van der Waals surface area contributed by atoms with E-state index in [1.54, 1.807) is 31.4 Å². The summed E-state index contributed by atoms with van der Waals surface area (Å²) in [5.41, 5.74) is 0.981. The molecule has 4 nitrogen and oxygen atoms in total. The molecule has 0 spiro atoms. The summed E-state index contributed by atoms with van der Waals surface area (Å²) < 4.78 is 11.0. The van der Waals surface area contributed by atoms with Crippen molar-refractivity contribution < 1.29 is 14.3 Å². The van der Waals surface area contributed by atoms with Crippen molar-refractivity contribution in [2.45, 2.75) is 26.0 Å². The Kier molecular flexibility index (Phi) is 6.29. The van der Waals surface area contributed by atoms with Crippen LogP contribution in [0.15, 0.2) is 48.5 Å². The molecule has 0 fully saturated rings. The number of carbonyl (C=O) groups excluding carboxylic acids is 1. The van der Waals surface area contributed by atoms with Gasteiger partial charge in [0.05, 0.1) is 7.11 Å². The molecule has 0 heterocycles. The molecule has 0 radical (unpaired) electrons. The van der Waals surface area contributed by atoms with Gasteiger partial charge in [0.2, 0.25) is 0 Å². The van der Waals surface area contributed by atoms with Crippen LogP contribution in [0.2, 0.25) is 5.02 Å². The van der Waals surface area contributed by atoms with Crippen LogP contribution in [0.4, 0.5) is 0 Å². The maximum absolute atomic E-state index is 12.3. The van der Waals surface area contributed by atoms with Gasteiger partial charge in [0.15, 0.2) is 17.6 Å². The van der Waals surface area contributed by atoms with E-state index in [1.165, 1.54) is 0 Å². The van der Waals surface area contributed by atoms with Gasteiger partial charge in [0.25, 0.3) is 5.91 Å². The Labute approximate surface area is 141 Å². The number of ether oxygens (including phenoxy) is 2. The second kappa shape index (κ2) is 8.44. The average molecular weight is 334 g/mol. The Bertz CT molecular complexity index is 643. The minimum Gasteiger partial charge on any atom is -0.493 e. The lowest BCUT2D eigenvalue weighted by atomic mass is 10.2. The van der Waals surface area contributed by atoms with E-state index in [2.05, 4.69) is 5.32 Å². The molecule has 2 rings (SSSR count). The van der Waals surface area contributed by atoms with Crippen LogP contribution < -0.4 is 14.8 Å². The van der Waals surface area contributed by atoms with Gasteiger partial charge in [-0.1, -0.05) is 42.8 Å². The van der Waals surface area contributed by atoms with E-state index in [1.807, 2.05) is 31.2 Å². The van der Waals surface area contributed by atoms with Crippen molar-refractivity contribution in [3.05, 3.63) is 59.1 Å². The van der Waals surface area contributed by atoms with Crippen LogP contribution in [-0.4, -0.2) is 19.1 Å². The lowest BCUT2D eigenvalue weighted by Gasteiger charge is -2.18. The monoisotopic (exact) mass is 333 g/mol. The van der Waals surface area contributed by atoms with E-state index in [0.717, 1.165) is 5.56 Å². The fourth-order valence-corrected chi connectivity index (χ4v) is 2.22. The van der Waals surface area contributed by atoms with Crippen molar-refractivity contribution in [1.82, 2.24) is 5.32 Å². The van der Waals surface area contributed by atoms with Crippen LogP contribution in [0.5, 0.6) is 11.5 Å². The molecule has 1 amide bonds. The van der Waals surface area contributed by atoms with Crippen molar-refractivity contribution in [2.24, 2.45) is 0 Å². The van der Waals surface area contributed by atoms with Gasteiger partial charge < -0.3 is 14.8 Å². The standard InChI is InChI=1S/C18H20ClNO3/c1-3-15(23-17-7-5-4-6-16(17)22-2)18(21)20-12-13-8-10-14(19)11-9-13/h4-11,15H,3,12H2,1-2H3,(H,20,21)/t15-/m0/s1. The highest BCUT2D eigenvalue weighted by atomic mass is 35.5. The third-order valence-corrected chi connectivity index (χ3v) is 3.63. The van der Waals surface area contributed by atoms with Gasteiger partial charge in [-0.25, -0.2) is 0 Å². The Balaban J connectivity index is 1.96. The lowest BCUT2D eigenvalue weighted by molar-refractivity contribution is -0.128. The fourth-order valence-electron chi connectivity index (χ4n) is 2.10. The molecule has 2 aromatic rings. The van der Waals surface area contributed by atoms with Crippen molar-refractivity contribution in [1.29, 1.82) is 0 Å². The molecule has 5 heteroatoms. The Hall–Kier alpha value is -2.20. The van der Waals surface area contributed by atoms with Crippen LogP contribution in [0.25, 0.3) is 0 Å². The molecule has 0 aromatic heterocycles. The van der Waals surface area contributed by atoms with E-state index >= 15 is 0 Å². The molecular formula is C18H20ClNO3. The smallest absolute Gasteiger partial charge is 0.261 e. The zero-order valence-corrected chi connectivity index (χ0v) is 14.0. The largest absolute Gasteiger partial charge is 0.493 e. The van der Waals surface area contributed by atoms with Crippen molar-refractivity contribution in [2.75, 3.05) is 7.11 Å². The molecule has 2 aromatic carbocycles. The fraction of sp³-hybridized carbons (Fsp3) is 0.278. The first-order valence-corrected chi connectivity index (χ1v) is 7.83.